The van der Waals surface area contributed by atoms with Crippen LogP contribution in [0.3, 0.4) is 0 Å². The molecule has 1 aromatic heterocycles. The van der Waals surface area contributed by atoms with E-state index in [0.717, 1.165) is 11.1 Å². The van der Waals surface area contributed by atoms with Gasteiger partial charge in [-0.15, -0.1) is 0 Å². The zero-order valence-electron chi connectivity index (χ0n) is 14.6. The average molecular weight is 365 g/mol. The lowest BCUT2D eigenvalue weighted by molar-refractivity contribution is 0.0950. The van der Waals surface area contributed by atoms with Crippen LogP contribution in [0.1, 0.15) is 28.8 Å². The highest BCUT2D eigenvalue weighted by Gasteiger charge is 2.22. The van der Waals surface area contributed by atoms with E-state index in [1.807, 2.05) is 24.3 Å². The summed E-state index contributed by atoms with van der Waals surface area (Å²) in [6, 6.07) is 12.1. The number of amides is 1. The fraction of sp³-hybridized carbons (Fsp3) is 0.250. The molecule has 1 heterocycles. The van der Waals surface area contributed by atoms with E-state index in [1.54, 1.807) is 6.07 Å². The van der Waals surface area contributed by atoms with E-state index in [-0.39, 0.29) is 11.7 Å². The van der Waals surface area contributed by atoms with Gasteiger partial charge < -0.3 is 19.7 Å². The van der Waals surface area contributed by atoms with Crippen LogP contribution in [0, 0.1) is 5.92 Å². The molecule has 7 heteroatoms. The Kier molecular flexibility index (Phi) is 4.74. The van der Waals surface area contributed by atoms with Crippen molar-refractivity contribution in [1.82, 2.24) is 15.5 Å². The molecule has 0 saturated heterocycles. The van der Waals surface area contributed by atoms with Crippen molar-refractivity contribution in [2.24, 2.45) is 5.92 Å². The smallest absolute Gasteiger partial charge is 0.251 e. The lowest BCUT2D eigenvalue weighted by Crippen LogP contribution is -2.22. The van der Waals surface area contributed by atoms with Gasteiger partial charge in [0.15, 0.2) is 0 Å². The van der Waals surface area contributed by atoms with Gasteiger partial charge in [0.05, 0.1) is 6.61 Å². The predicted octanol–water partition coefficient (Wildman–Crippen LogP) is 3.16. The molecule has 4 rings (SSSR count). The summed E-state index contributed by atoms with van der Waals surface area (Å²) in [7, 11) is 0. The van der Waals surface area contributed by atoms with Gasteiger partial charge >= 0.3 is 0 Å². The second-order valence-corrected chi connectivity index (χ2v) is 6.60. The first kappa shape index (κ1) is 17.1. The molecular weight excluding hydrogens is 346 g/mol. The molecule has 0 atom stereocenters. The number of hydrogen-bond acceptors (Lipinski definition) is 6. The molecule has 0 radical (unpaired) electrons. The zero-order valence-corrected chi connectivity index (χ0v) is 14.6. The van der Waals surface area contributed by atoms with Crippen molar-refractivity contribution in [2.45, 2.75) is 19.4 Å². The third kappa shape index (κ3) is 4.44. The molecule has 7 nitrogen and oxygen atoms in total. The highest BCUT2D eigenvalue weighted by Crippen LogP contribution is 2.30. The summed E-state index contributed by atoms with van der Waals surface area (Å²) >= 11 is 0. The van der Waals surface area contributed by atoms with Crippen LogP contribution in [0.2, 0.25) is 0 Å². The summed E-state index contributed by atoms with van der Waals surface area (Å²) in [5.41, 5.74) is 2.13. The minimum absolute atomic E-state index is 0.0120. The molecule has 0 bridgehead atoms. The van der Waals surface area contributed by atoms with Crippen LogP contribution in [-0.4, -0.2) is 27.8 Å². The van der Waals surface area contributed by atoms with Crippen LogP contribution in [0.25, 0.3) is 11.4 Å². The van der Waals surface area contributed by atoms with E-state index in [2.05, 4.69) is 15.5 Å². The number of nitrogens with one attached hydrogen (secondary N) is 1. The van der Waals surface area contributed by atoms with Crippen molar-refractivity contribution in [1.29, 1.82) is 0 Å². The quantitative estimate of drug-likeness (QED) is 0.667. The molecule has 0 aliphatic heterocycles. The molecule has 27 heavy (non-hydrogen) atoms. The average Bonchev–Trinajstić information content (AvgIpc) is 3.35. The number of aromatic hydroxyl groups is 1. The van der Waals surface area contributed by atoms with Crippen molar-refractivity contribution in [3.8, 4) is 22.9 Å². The predicted molar refractivity (Wildman–Crippen MR) is 97.2 cm³/mol. The van der Waals surface area contributed by atoms with Crippen molar-refractivity contribution in [2.75, 3.05) is 6.61 Å². The van der Waals surface area contributed by atoms with Crippen LogP contribution in [0.4, 0.5) is 0 Å². The molecule has 1 aliphatic carbocycles. The van der Waals surface area contributed by atoms with Gasteiger partial charge in [0, 0.05) is 23.7 Å². The van der Waals surface area contributed by atoms with Crippen LogP contribution in [0.15, 0.2) is 53.4 Å². The summed E-state index contributed by atoms with van der Waals surface area (Å²) in [6.07, 6.45) is 3.64. The number of ether oxygens (including phenoxy) is 1. The Balaban J connectivity index is 1.37. The van der Waals surface area contributed by atoms with Crippen LogP contribution < -0.4 is 10.1 Å². The van der Waals surface area contributed by atoms with E-state index in [1.165, 1.54) is 31.4 Å². The monoisotopic (exact) mass is 365 g/mol. The summed E-state index contributed by atoms with van der Waals surface area (Å²) in [6.45, 7) is 0.983. The summed E-state index contributed by atoms with van der Waals surface area (Å²) < 4.78 is 10.4. The Morgan fingerprint density at radius 2 is 2.04 bits per heavy atom. The minimum Gasteiger partial charge on any atom is -0.508 e. The van der Waals surface area contributed by atoms with E-state index >= 15 is 0 Å². The number of benzene rings is 2. The highest BCUT2D eigenvalue weighted by molar-refractivity contribution is 5.95. The first-order valence-electron chi connectivity index (χ1n) is 8.78. The number of nitrogens with zero attached hydrogens (tertiary/aromatic N) is 2. The van der Waals surface area contributed by atoms with Gasteiger partial charge in [-0.3, -0.25) is 4.79 Å². The first-order chi connectivity index (χ1) is 13.2. The molecule has 0 spiro atoms. The summed E-state index contributed by atoms with van der Waals surface area (Å²) in [5.74, 6) is 1.36. The minimum atomic E-state index is -0.274. The largest absolute Gasteiger partial charge is 0.508 e. The van der Waals surface area contributed by atoms with Crippen LogP contribution >= 0.6 is 0 Å². The molecule has 2 N–H and O–H groups in total. The SMILES string of the molecule is O=C(NCc1ccc(-c2ncon2)cc1)c1cc(O)cc(OCC2CC2)c1. The zero-order chi connectivity index (χ0) is 18.6. The molecular formula is C20H19N3O4. The number of carbonyl (C=O) groups excluding carboxylic acids is 1. The Morgan fingerprint density at radius 1 is 1.22 bits per heavy atom. The maximum absolute atomic E-state index is 12.4. The van der Waals surface area contributed by atoms with Gasteiger partial charge in [-0.2, -0.15) is 4.98 Å². The first-order valence-corrected chi connectivity index (χ1v) is 8.78. The number of aromatic nitrogens is 2. The normalized spacial score (nSPS) is 13.3. The fourth-order valence-corrected chi connectivity index (χ4v) is 2.65. The van der Waals surface area contributed by atoms with Crippen molar-refractivity contribution < 1.29 is 19.2 Å². The Labute approximate surface area is 156 Å². The van der Waals surface area contributed by atoms with Gasteiger partial charge in [-0.1, -0.05) is 29.4 Å². The van der Waals surface area contributed by atoms with Crippen molar-refractivity contribution >= 4 is 5.91 Å². The second kappa shape index (κ2) is 7.49. The van der Waals surface area contributed by atoms with Crippen LogP contribution in [0.5, 0.6) is 11.5 Å². The van der Waals surface area contributed by atoms with E-state index in [0.29, 0.717) is 36.2 Å². The Hall–Kier alpha value is -3.35. The second-order valence-electron chi connectivity index (χ2n) is 6.60. The molecule has 1 saturated carbocycles. The molecule has 138 valence electrons. The summed E-state index contributed by atoms with van der Waals surface area (Å²) in [4.78, 5) is 16.4. The van der Waals surface area contributed by atoms with Crippen molar-refractivity contribution in [3.05, 3.63) is 60.0 Å². The molecule has 3 aromatic rings. The third-order valence-electron chi connectivity index (χ3n) is 4.36. The van der Waals surface area contributed by atoms with Gasteiger partial charge in [-0.25, -0.2) is 0 Å². The Morgan fingerprint density at radius 3 is 2.74 bits per heavy atom. The lowest BCUT2D eigenvalue weighted by atomic mass is 10.1. The molecule has 1 aliphatic rings. The Bertz CT molecular complexity index is 919. The highest BCUT2D eigenvalue weighted by atomic mass is 16.5. The summed E-state index contributed by atoms with van der Waals surface area (Å²) in [5, 5.41) is 16.5. The van der Waals surface area contributed by atoms with E-state index < -0.39 is 0 Å². The standard InChI is InChI=1S/C20H19N3O4/c24-17-7-16(8-18(9-17)26-11-14-1-2-14)20(25)21-10-13-3-5-15(6-4-13)19-22-12-27-23-19/h3-9,12,14,24H,1-2,10-11H2,(H,21,25). The third-order valence-corrected chi connectivity index (χ3v) is 4.36. The number of carbonyl (C=O) groups is 1. The maximum Gasteiger partial charge on any atom is 0.251 e. The topological polar surface area (TPSA) is 97.5 Å². The lowest BCUT2D eigenvalue weighted by Gasteiger charge is -2.10. The molecule has 1 amide bonds. The number of phenols is 1. The number of phenolic OH excluding ortho intramolecular Hbond substituents is 1. The number of hydrogen-bond donors (Lipinski definition) is 2. The maximum atomic E-state index is 12.4. The van der Waals surface area contributed by atoms with Gasteiger partial charge in [-0.05, 0) is 36.5 Å². The van der Waals surface area contributed by atoms with Gasteiger partial charge in [0.1, 0.15) is 11.5 Å². The van der Waals surface area contributed by atoms with E-state index in [9.17, 15) is 9.90 Å². The van der Waals surface area contributed by atoms with Crippen molar-refractivity contribution in [3.63, 3.8) is 0 Å². The molecule has 0 unspecified atom stereocenters. The fourth-order valence-electron chi connectivity index (χ4n) is 2.65. The number of rotatable bonds is 7. The van der Waals surface area contributed by atoms with Gasteiger partial charge in [0.2, 0.25) is 12.2 Å². The molecule has 2 aromatic carbocycles. The van der Waals surface area contributed by atoms with Crippen LogP contribution in [-0.2, 0) is 6.54 Å². The molecule has 1 fully saturated rings. The van der Waals surface area contributed by atoms with Gasteiger partial charge in [0.25, 0.3) is 5.91 Å². The van der Waals surface area contributed by atoms with E-state index in [4.69, 9.17) is 9.26 Å².